The largest absolute Gasteiger partial charge is 0.490 e. The van der Waals surface area contributed by atoms with Crippen LogP contribution in [0.25, 0.3) is 10.8 Å². The Morgan fingerprint density at radius 2 is 1.48 bits per heavy atom. The molecule has 0 saturated heterocycles. The van der Waals surface area contributed by atoms with Gasteiger partial charge in [0.25, 0.3) is 0 Å². The molecule has 4 heteroatoms. The Labute approximate surface area is 140 Å². The quantitative estimate of drug-likeness (QED) is 0.682. The lowest BCUT2D eigenvalue weighted by atomic mass is 10.0. The van der Waals surface area contributed by atoms with E-state index in [4.69, 9.17) is 26.8 Å². The highest BCUT2D eigenvalue weighted by Gasteiger charge is 2.07. The Bertz CT molecular complexity index is 804. The number of fused-ring (bicyclic) bond motifs is 1. The van der Waals surface area contributed by atoms with Gasteiger partial charge in [-0.25, -0.2) is 0 Å². The van der Waals surface area contributed by atoms with Crippen LogP contribution < -0.4 is 15.2 Å². The minimum Gasteiger partial charge on any atom is -0.490 e. The molecule has 0 amide bonds. The van der Waals surface area contributed by atoms with Gasteiger partial charge in [-0.1, -0.05) is 54.1 Å². The second-order valence-corrected chi connectivity index (χ2v) is 5.50. The number of halogens is 1. The van der Waals surface area contributed by atoms with E-state index in [0.29, 0.717) is 30.5 Å². The molecule has 0 unspecified atom stereocenters. The van der Waals surface area contributed by atoms with Crippen molar-refractivity contribution in [3.8, 4) is 11.5 Å². The van der Waals surface area contributed by atoms with Crippen LogP contribution in [0, 0.1) is 0 Å². The lowest BCUT2D eigenvalue weighted by molar-refractivity contribution is 0.216. The van der Waals surface area contributed by atoms with Crippen molar-refractivity contribution in [2.75, 3.05) is 13.2 Å². The van der Waals surface area contributed by atoms with Crippen molar-refractivity contribution >= 4 is 22.4 Å². The Hall–Kier alpha value is -2.23. The second kappa shape index (κ2) is 7.36. The summed E-state index contributed by atoms with van der Waals surface area (Å²) in [4.78, 5) is 0. The summed E-state index contributed by atoms with van der Waals surface area (Å²) < 4.78 is 11.5. The van der Waals surface area contributed by atoms with E-state index in [9.17, 15) is 0 Å². The van der Waals surface area contributed by atoms with Crippen LogP contribution in [-0.2, 0) is 6.54 Å². The zero-order chi connectivity index (χ0) is 16.1. The summed E-state index contributed by atoms with van der Waals surface area (Å²) in [6, 6.07) is 19.5. The van der Waals surface area contributed by atoms with Gasteiger partial charge in [0.2, 0.25) is 0 Å². The van der Waals surface area contributed by atoms with Crippen LogP contribution in [-0.4, -0.2) is 13.2 Å². The normalized spacial score (nSPS) is 10.7. The van der Waals surface area contributed by atoms with E-state index in [1.165, 1.54) is 0 Å². The Morgan fingerprint density at radius 1 is 0.783 bits per heavy atom. The Kier molecular flexibility index (Phi) is 5.01. The fourth-order valence-corrected chi connectivity index (χ4v) is 2.72. The first kappa shape index (κ1) is 15.7. The van der Waals surface area contributed by atoms with E-state index >= 15 is 0 Å². The summed E-state index contributed by atoms with van der Waals surface area (Å²) >= 11 is 6.05. The lowest BCUT2D eigenvalue weighted by Crippen LogP contribution is -2.11. The average molecular weight is 328 g/mol. The highest BCUT2D eigenvalue weighted by atomic mass is 35.5. The molecule has 2 N–H and O–H groups in total. The van der Waals surface area contributed by atoms with E-state index < -0.39 is 0 Å². The first-order valence-corrected chi connectivity index (χ1v) is 7.88. The van der Waals surface area contributed by atoms with Crippen molar-refractivity contribution in [3.05, 3.63) is 71.2 Å². The summed E-state index contributed by atoms with van der Waals surface area (Å²) in [7, 11) is 0. The maximum atomic E-state index is 6.05. The predicted molar refractivity (Wildman–Crippen MR) is 94.3 cm³/mol. The van der Waals surface area contributed by atoms with Crippen LogP contribution in [0.2, 0.25) is 5.02 Å². The van der Waals surface area contributed by atoms with Gasteiger partial charge in [0.1, 0.15) is 24.7 Å². The molecule has 118 valence electrons. The van der Waals surface area contributed by atoms with Gasteiger partial charge in [-0.15, -0.1) is 0 Å². The molecule has 3 rings (SSSR count). The molecule has 0 heterocycles. The smallest absolute Gasteiger partial charge is 0.138 e. The van der Waals surface area contributed by atoms with Crippen molar-refractivity contribution in [2.24, 2.45) is 5.73 Å². The van der Waals surface area contributed by atoms with Gasteiger partial charge in [-0.05, 0) is 29.0 Å². The molecule has 0 radical (unpaired) electrons. The molecule has 0 aliphatic heterocycles. The number of para-hydroxylation sites is 1. The molecule has 0 aliphatic carbocycles. The second-order valence-electron chi connectivity index (χ2n) is 5.09. The van der Waals surface area contributed by atoms with Gasteiger partial charge >= 0.3 is 0 Å². The van der Waals surface area contributed by atoms with E-state index in [-0.39, 0.29) is 0 Å². The van der Waals surface area contributed by atoms with Gasteiger partial charge in [-0.3, -0.25) is 0 Å². The SMILES string of the molecule is NCc1c(OCCOc2ccccc2Cl)ccc2ccccc12. The molecule has 3 aromatic rings. The highest BCUT2D eigenvalue weighted by Crippen LogP contribution is 2.28. The number of benzene rings is 3. The van der Waals surface area contributed by atoms with Gasteiger partial charge in [-0.2, -0.15) is 0 Å². The van der Waals surface area contributed by atoms with Crippen molar-refractivity contribution in [1.29, 1.82) is 0 Å². The minimum atomic E-state index is 0.417. The van der Waals surface area contributed by atoms with Crippen LogP contribution in [0.3, 0.4) is 0 Å². The van der Waals surface area contributed by atoms with Crippen LogP contribution in [0.5, 0.6) is 11.5 Å². The molecule has 0 spiro atoms. The first-order chi connectivity index (χ1) is 11.3. The summed E-state index contributed by atoms with van der Waals surface area (Å²) in [5.41, 5.74) is 6.92. The van der Waals surface area contributed by atoms with E-state index in [1.54, 1.807) is 6.07 Å². The standard InChI is InChI=1S/C19H18ClNO2/c20-17-7-3-4-8-19(17)23-12-11-22-18-10-9-14-5-1-2-6-15(14)16(18)13-21/h1-10H,11-13,21H2. The molecule has 3 aromatic carbocycles. The van der Waals surface area contributed by atoms with E-state index in [2.05, 4.69) is 12.1 Å². The molecule has 0 bridgehead atoms. The summed E-state index contributed by atoms with van der Waals surface area (Å²) in [5.74, 6) is 1.46. The fourth-order valence-electron chi connectivity index (χ4n) is 2.53. The summed E-state index contributed by atoms with van der Waals surface area (Å²) in [5, 5.41) is 2.88. The van der Waals surface area contributed by atoms with Gasteiger partial charge in [0, 0.05) is 12.1 Å². The van der Waals surface area contributed by atoms with Crippen molar-refractivity contribution < 1.29 is 9.47 Å². The van der Waals surface area contributed by atoms with Gasteiger partial charge in [0.15, 0.2) is 0 Å². The molecule has 0 atom stereocenters. The third-order valence-electron chi connectivity index (χ3n) is 3.64. The minimum absolute atomic E-state index is 0.417. The van der Waals surface area contributed by atoms with Crippen LogP contribution in [0.15, 0.2) is 60.7 Å². The summed E-state index contributed by atoms with van der Waals surface area (Å²) in [6.07, 6.45) is 0. The molecule has 0 fully saturated rings. The maximum Gasteiger partial charge on any atom is 0.138 e. The first-order valence-electron chi connectivity index (χ1n) is 7.50. The topological polar surface area (TPSA) is 44.5 Å². The summed E-state index contributed by atoms with van der Waals surface area (Å²) in [6.45, 7) is 1.28. The van der Waals surface area contributed by atoms with E-state index in [0.717, 1.165) is 22.1 Å². The molecule has 0 saturated carbocycles. The zero-order valence-corrected chi connectivity index (χ0v) is 13.4. The number of hydrogen-bond acceptors (Lipinski definition) is 3. The Morgan fingerprint density at radius 3 is 2.26 bits per heavy atom. The van der Waals surface area contributed by atoms with Crippen molar-refractivity contribution in [3.63, 3.8) is 0 Å². The third-order valence-corrected chi connectivity index (χ3v) is 3.95. The zero-order valence-electron chi connectivity index (χ0n) is 12.7. The van der Waals surface area contributed by atoms with Crippen LogP contribution in [0.1, 0.15) is 5.56 Å². The van der Waals surface area contributed by atoms with Crippen LogP contribution >= 0.6 is 11.6 Å². The lowest BCUT2D eigenvalue weighted by Gasteiger charge is -2.14. The number of ether oxygens (including phenoxy) is 2. The fraction of sp³-hybridized carbons (Fsp3) is 0.158. The average Bonchev–Trinajstić information content (AvgIpc) is 2.59. The molecular formula is C19H18ClNO2. The Balaban J connectivity index is 1.66. The van der Waals surface area contributed by atoms with Gasteiger partial charge in [0.05, 0.1) is 5.02 Å². The molecular weight excluding hydrogens is 310 g/mol. The number of hydrogen-bond donors (Lipinski definition) is 1. The molecule has 3 nitrogen and oxygen atoms in total. The van der Waals surface area contributed by atoms with Crippen molar-refractivity contribution in [1.82, 2.24) is 0 Å². The molecule has 0 aromatic heterocycles. The molecule has 0 aliphatic rings. The third kappa shape index (κ3) is 3.58. The van der Waals surface area contributed by atoms with Crippen LogP contribution in [0.4, 0.5) is 0 Å². The highest BCUT2D eigenvalue weighted by molar-refractivity contribution is 6.32. The van der Waals surface area contributed by atoms with Gasteiger partial charge < -0.3 is 15.2 Å². The monoisotopic (exact) mass is 327 g/mol. The van der Waals surface area contributed by atoms with E-state index in [1.807, 2.05) is 42.5 Å². The number of rotatable bonds is 6. The predicted octanol–water partition coefficient (Wildman–Crippen LogP) is 4.41. The molecule has 23 heavy (non-hydrogen) atoms. The number of nitrogens with two attached hydrogens (primary N) is 1. The maximum absolute atomic E-state index is 6.05. The van der Waals surface area contributed by atoms with Crippen molar-refractivity contribution in [2.45, 2.75) is 6.54 Å².